The van der Waals surface area contributed by atoms with E-state index in [0.29, 0.717) is 5.41 Å². The van der Waals surface area contributed by atoms with Crippen LogP contribution in [0.15, 0.2) is 12.1 Å². The summed E-state index contributed by atoms with van der Waals surface area (Å²) in [4.78, 5) is 6.99. The number of aryl methyl sites for hydroxylation is 1. The van der Waals surface area contributed by atoms with Gasteiger partial charge in [-0.25, -0.2) is 4.98 Å². The summed E-state index contributed by atoms with van der Waals surface area (Å²) in [6.45, 7) is 8.89. The molecule has 1 saturated heterocycles. The van der Waals surface area contributed by atoms with Gasteiger partial charge in [-0.1, -0.05) is 26.7 Å². The third-order valence-corrected chi connectivity index (χ3v) is 4.83. The number of aromatic nitrogens is 1. The quantitative estimate of drug-likeness (QED) is 0.904. The van der Waals surface area contributed by atoms with Gasteiger partial charge in [0.15, 0.2) is 0 Å². The fraction of sp³-hybridized carbons (Fsp3) is 0.688. The van der Waals surface area contributed by atoms with E-state index in [1.807, 2.05) is 19.1 Å². The summed E-state index contributed by atoms with van der Waals surface area (Å²) in [5.74, 6) is 1.03. The molecule has 19 heavy (non-hydrogen) atoms. The predicted octanol–water partition coefficient (Wildman–Crippen LogP) is 3.29. The Hall–Kier alpha value is -1.09. The second kappa shape index (κ2) is 5.91. The highest BCUT2D eigenvalue weighted by Crippen LogP contribution is 2.38. The number of aliphatic hydroxyl groups is 1. The first-order valence-corrected chi connectivity index (χ1v) is 7.46. The van der Waals surface area contributed by atoms with Gasteiger partial charge in [0.05, 0.1) is 6.61 Å². The maximum atomic E-state index is 9.30. The van der Waals surface area contributed by atoms with E-state index in [0.717, 1.165) is 30.2 Å². The normalized spacial score (nSPS) is 18.6. The summed E-state index contributed by atoms with van der Waals surface area (Å²) in [6, 6.07) is 3.98. The minimum atomic E-state index is 0.0953. The van der Waals surface area contributed by atoms with Crippen LogP contribution in [-0.2, 0) is 6.61 Å². The zero-order valence-electron chi connectivity index (χ0n) is 12.4. The molecule has 3 heteroatoms. The van der Waals surface area contributed by atoms with Crippen LogP contribution in [0.1, 0.15) is 50.8 Å². The van der Waals surface area contributed by atoms with Gasteiger partial charge in [-0.05, 0) is 42.9 Å². The van der Waals surface area contributed by atoms with Crippen molar-refractivity contribution < 1.29 is 5.11 Å². The van der Waals surface area contributed by atoms with E-state index >= 15 is 0 Å². The molecule has 2 heterocycles. The molecule has 0 amide bonds. The van der Waals surface area contributed by atoms with E-state index < -0.39 is 0 Å². The summed E-state index contributed by atoms with van der Waals surface area (Å²) >= 11 is 0. The lowest BCUT2D eigenvalue weighted by Gasteiger charge is -2.41. The molecule has 1 fully saturated rings. The van der Waals surface area contributed by atoms with Crippen molar-refractivity contribution in [1.29, 1.82) is 0 Å². The van der Waals surface area contributed by atoms with Gasteiger partial charge >= 0.3 is 0 Å². The van der Waals surface area contributed by atoms with E-state index in [2.05, 4.69) is 23.7 Å². The van der Waals surface area contributed by atoms with Crippen LogP contribution in [0.25, 0.3) is 0 Å². The third kappa shape index (κ3) is 3.08. The molecule has 1 aromatic heterocycles. The zero-order chi connectivity index (χ0) is 13.9. The number of piperidine rings is 1. The Morgan fingerprint density at radius 3 is 2.37 bits per heavy atom. The van der Waals surface area contributed by atoms with Crippen LogP contribution in [0.4, 0.5) is 5.82 Å². The van der Waals surface area contributed by atoms with Crippen LogP contribution in [0.3, 0.4) is 0 Å². The first-order valence-electron chi connectivity index (χ1n) is 7.46. The van der Waals surface area contributed by atoms with Crippen molar-refractivity contribution in [2.75, 3.05) is 18.0 Å². The molecule has 106 valence electrons. The van der Waals surface area contributed by atoms with E-state index in [4.69, 9.17) is 0 Å². The molecule has 0 bridgehead atoms. The number of aliphatic hydroxyl groups excluding tert-OH is 1. The maximum Gasteiger partial charge on any atom is 0.129 e. The number of rotatable bonds is 4. The minimum absolute atomic E-state index is 0.0953. The number of anilines is 1. The lowest BCUT2D eigenvalue weighted by molar-refractivity contribution is 0.199. The predicted molar refractivity (Wildman–Crippen MR) is 79.4 cm³/mol. The van der Waals surface area contributed by atoms with Crippen molar-refractivity contribution in [3.8, 4) is 0 Å². The van der Waals surface area contributed by atoms with Crippen molar-refractivity contribution in [3.05, 3.63) is 23.4 Å². The SMILES string of the molecule is CCC1(CC)CCN(c2cc(CO)cc(C)n2)CC1. The number of hydrogen-bond acceptors (Lipinski definition) is 3. The first-order chi connectivity index (χ1) is 9.12. The molecule has 1 aliphatic heterocycles. The highest BCUT2D eigenvalue weighted by molar-refractivity contribution is 5.43. The van der Waals surface area contributed by atoms with Crippen LogP contribution >= 0.6 is 0 Å². The van der Waals surface area contributed by atoms with Crippen molar-refractivity contribution in [3.63, 3.8) is 0 Å². The van der Waals surface area contributed by atoms with Crippen molar-refractivity contribution >= 4 is 5.82 Å². The lowest BCUT2D eigenvalue weighted by Crippen LogP contribution is -2.40. The second-order valence-electron chi connectivity index (χ2n) is 5.83. The Bertz CT molecular complexity index is 417. The lowest BCUT2D eigenvalue weighted by atomic mass is 9.74. The van der Waals surface area contributed by atoms with Crippen LogP contribution in [-0.4, -0.2) is 23.2 Å². The highest BCUT2D eigenvalue weighted by atomic mass is 16.3. The van der Waals surface area contributed by atoms with E-state index in [1.54, 1.807) is 0 Å². The Balaban J connectivity index is 2.11. The molecule has 0 aliphatic carbocycles. The summed E-state index contributed by atoms with van der Waals surface area (Å²) in [6.07, 6.45) is 5.06. The molecule has 1 aliphatic rings. The third-order valence-electron chi connectivity index (χ3n) is 4.83. The standard InChI is InChI=1S/C16H26N2O/c1-4-16(5-2)6-8-18(9-7-16)15-11-14(12-19)10-13(3)17-15/h10-11,19H,4-9,12H2,1-3H3. The maximum absolute atomic E-state index is 9.30. The molecule has 3 nitrogen and oxygen atoms in total. The molecule has 1 aromatic rings. The largest absolute Gasteiger partial charge is 0.392 e. The fourth-order valence-electron chi connectivity index (χ4n) is 3.14. The topological polar surface area (TPSA) is 36.4 Å². The van der Waals surface area contributed by atoms with Gasteiger partial charge in [0.25, 0.3) is 0 Å². The number of hydrogen-bond donors (Lipinski definition) is 1. The molecular weight excluding hydrogens is 236 g/mol. The van der Waals surface area contributed by atoms with Gasteiger partial charge in [0.2, 0.25) is 0 Å². The van der Waals surface area contributed by atoms with Crippen molar-refractivity contribution in [2.24, 2.45) is 5.41 Å². The van der Waals surface area contributed by atoms with Gasteiger partial charge in [-0.3, -0.25) is 0 Å². The molecule has 0 saturated carbocycles. The summed E-state index contributed by atoms with van der Waals surface area (Å²) in [7, 11) is 0. The van der Waals surface area contributed by atoms with E-state index in [9.17, 15) is 5.11 Å². The Kier molecular flexibility index (Phi) is 4.46. The molecular formula is C16H26N2O. The highest BCUT2D eigenvalue weighted by Gasteiger charge is 2.31. The van der Waals surface area contributed by atoms with E-state index in [1.165, 1.54) is 25.7 Å². The molecule has 0 aromatic carbocycles. The van der Waals surface area contributed by atoms with Crippen LogP contribution in [0.5, 0.6) is 0 Å². The molecule has 0 atom stereocenters. The molecule has 0 spiro atoms. The van der Waals surface area contributed by atoms with Gasteiger partial charge in [-0.15, -0.1) is 0 Å². The summed E-state index contributed by atoms with van der Waals surface area (Å²) < 4.78 is 0. The van der Waals surface area contributed by atoms with Gasteiger partial charge < -0.3 is 10.0 Å². The Morgan fingerprint density at radius 1 is 1.21 bits per heavy atom. The van der Waals surface area contributed by atoms with Crippen LogP contribution in [0, 0.1) is 12.3 Å². The number of pyridine rings is 1. The van der Waals surface area contributed by atoms with Gasteiger partial charge in [0, 0.05) is 18.8 Å². The summed E-state index contributed by atoms with van der Waals surface area (Å²) in [5, 5.41) is 9.30. The molecule has 2 rings (SSSR count). The minimum Gasteiger partial charge on any atom is -0.392 e. The zero-order valence-corrected chi connectivity index (χ0v) is 12.4. The fourth-order valence-corrected chi connectivity index (χ4v) is 3.14. The monoisotopic (exact) mass is 262 g/mol. The summed E-state index contributed by atoms with van der Waals surface area (Å²) in [5.41, 5.74) is 2.50. The second-order valence-corrected chi connectivity index (χ2v) is 5.83. The Labute approximate surface area is 116 Å². The van der Waals surface area contributed by atoms with Crippen molar-refractivity contribution in [2.45, 2.75) is 53.1 Å². The first kappa shape index (κ1) is 14.3. The van der Waals surface area contributed by atoms with Gasteiger partial charge in [0.1, 0.15) is 5.82 Å². The van der Waals surface area contributed by atoms with Gasteiger partial charge in [-0.2, -0.15) is 0 Å². The molecule has 1 N–H and O–H groups in total. The Morgan fingerprint density at radius 2 is 1.84 bits per heavy atom. The average Bonchev–Trinajstić information content (AvgIpc) is 2.46. The van der Waals surface area contributed by atoms with Crippen LogP contribution < -0.4 is 4.90 Å². The smallest absolute Gasteiger partial charge is 0.129 e. The van der Waals surface area contributed by atoms with Crippen LogP contribution in [0.2, 0.25) is 0 Å². The van der Waals surface area contributed by atoms with Crippen molar-refractivity contribution in [1.82, 2.24) is 4.98 Å². The van der Waals surface area contributed by atoms with E-state index in [-0.39, 0.29) is 6.61 Å². The number of nitrogens with zero attached hydrogens (tertiary/aromatic N) is 2. The molecule has 0 unspecified atom stereocenters. The molecule has 0 radical (unpaired) electrons. The average molecular weight is 262 g/mol.